The van der Waals surface area contributed by atoms with Crippen molar-refractivity contribution in [3.05, 3.63) is 58.7 Å². The van der Waals surface area contributed by atoms with E-state index >= 15 is 0 Å². The van der Waals surface area contributed by atoms with Gasteiger partial charge in [0.25, 0.3) is 0 Å². The molecule has 2 saturated carbocycles. The number of fused-ring (bicyclic) bond motifs is 6. The molecule has 2 N–H and O–H groups in total. The lowest BCUT2D eigenvalue weighted by atomic mass is 9.49. The summed E-state index contributed by atoms with van der Waals surface area (Å²) in [4.78, 5) is 28.1. The van der Waals surface area contributed by atoms with Gasteiger partial charge in [0.05, 0.1) is 10.8 Å². The van der Waals surface area contributed by atoms with E-state index in [0.29, 0.717) is 12.8 Å². The summed E-state index contributed by atoms with van der Waals surface area (Å²) in [6.07, 6.45) is 8.52. The van der Waals surface area contributed by atoms with E-state index in [1.807, 2.05) is 38.1 Å². The third-order valence-corrected chi connectivity index (χ3v) is 11.8. The molecule has 4 aliphatic rings. The summed E-state index contributed by atoms with van der Waals surface area (Å²) in [6.45, 7) is 8.46. The Kier molecular flexibility index (Phi) is 5.99. The van der Waals surface area contributed by atoms with Gasteiger partial charge in [0, 0.05) is 0 Å². The summed E-state index contributed by atoms with van der Waals surface area (Å²) in [5, 5.41) is 20.5. The molecular formula is C34H42O5. The maximum atomic E-state index is 14.0. The number of aromatic hydroxyl groups is 2. The van der Waals surface area contributed by atoms with Gasteiger partial charge in [-0.1, -0.05) is 38.8 Å². The van der Waals surface area contributed by atoms with E-state index in [4.69, 9.17) is 4.74 Å². The van der Waals surface area contributed by atoms with E-state index in [1.165, 1.54) is 11.1 Å². The van der Waals surface area contributed by atoms with Crippen LogP contribution in [0.2, 0.25) is 0 Å². The molecule has 0 bridgehead atoms. The Balaban J connectivity index is 1.28. The molecule has 0 amide bonds. The lowest BCUT2D eigenvalue weighted by Crippen LogP contribution is -2.55. The summed E-state index contributed by atoms with van der Waals surface area (Å²) < 4.78 is 5.97. The molecule has 0 saturated heterocycles. The van der Waals surface area contributed by atoms with Crippen molar-refractivity contribution in [1.82, 2.24) is 0 Å². The molecular weight excluding hydrogens is 488 g/mol. The average molecular weight is 531 g/mol. The topological polar surface area (TPSA) is 83.8 Å². The highest BCUT2D eigenvalue weighted by Gasteiger charge is 2.59. The van der Waals surface area contributed by atoms with Crippen molar-refractivity contribution < 1.29 is 24.5 Å². The molecule has 2 aromatic carbocycles. The van der Waals surface area contributed by atoms with E-state index in [9.17, 15) is 19.8 Å². The highest BCUT2D eigenvalue weighted by Crippen LogP contribution is 2.60. The van der Waals surface area contributed by atoms with E-state index in [-0.39, 0.29) is 46.1 Å². The van der Waals surface area contributed by atoms with Gasteiger partial charge < -0.3 is 14.9 Å². The van der Waals surface area contributed by atoms with E-state index in [1.54, 1.807) is 12.1 Å². The Labute approximate surface area is 232 Å². The minimum atomic E-state index is -0.759. The molecule has 1 unspecified atom stereocenters. The average Bonchev–Trinajstić information content (AvgIpc) is 2.89. The number of esters is 2. The first-order valence-electron chi connectivity index (χ1n) is 14.8. The second-order valence-electron chi connectivity index (χ2n) is 13.9. The van der Waals surface area contributed by atoms with Crippen molar-refractivity contribution >= 4 is 11.9 Å². The number of ether oxygens (including phenoxy) is 1. The standard InChI is InChI=1S/C34H42O5/c1-31-15-5-17-33(3,27(31)13-9-21-7-11-23(35)19-25(21)31)29(37)39-30(38)34(4)18-6-16-32(2)26-20-24(36)12-8-22(26)10-14-28(32)34/h7-8,11-12,19-20,27-28,35-36H,5-6,9-10,13-18H2,1-4H3/t27-,28-,31-,32-,33+,34?/m1/s1. The summed E-state index contributed by atoms with van der Waals surface area (Å²) >= 11 is 0. The van der Waals surface area contributed by atoms with Gasteiger partial charge in [0.2, 0.25) is 0 Å². The predicted octanol–water partition coefficient (Wildman–Crippen LogP) is 6.89. The Bertz CT molecular complexity index is 1250. The number of aryl methyl sites for hydroxylation is 2. The van der Waals surface area contributed by atoms with Crippen molar-refractivity contribution in [2.75, 3.05) is 0 Å². The van der Waals surface area contributed by atoms with Crippen LogP contribution in [0.1, 0.15) is 101 Å². The lowest BCUT2D eigenvalue weighted by Gasteiger charge is -2.55. The summed E-state index contributed by atoms with van der Waals surface area (Å²) in [6, 6.07) is 11.3. The monoisotopic (exact) mass is 530 g/mol. The third kappa shape index (κ3) is 3.78. The van der Waals surface area contributed by atoms with Gasteiger partial charge in [-0.25, -0.2) is 0 Å². The maximum absolute atomic E-state index is 14.0. The quantitative estimate of drug-likeness (QED) is 0.326. The molecule has 5 nitrogen and oxygen atoms in total. The molecule has 6 atom stereocenters. The number of rotatable bonds is 2. The Morgan fingerprint density at radius 1 is 0.692 bits per heavy atom. The smallest absolute Gasteiger partial charge is 0.319 e. The van der Waals surface area contributed by atoms with Crippen LogP contribution >= 0.6 is 0 Å². The number of carbonyl (C=O) groups excluding carboxylic acids is 2. The minimum absolute atomic E-state index is 0.0438. The second kappa shape index (κ2) is 8.84. The van der Waals surface area contributed by atoms with Crippen LogP contribution < -0.4 is 0 Å². The highest BCUT2D eigenvalue weighted by molar-refractivity contribution is 5.92. The Morgan fingerprint density at radius 3 is 1.51 bits per heavy atom. The van der Waals surface area contributed by atoms with Gasteiger partial charge in [-0.3, -0.25) is 9.59 Å². The number of hydrogen-bond donors (Lipinski definition) is 2. The Hall–Kier alpha value is -2.82. The SMILES string of the molecule is CC1(C(=O)OC(=O)[C@@]2(C)CCC[C@]3(C)c4cc(O)ccc4CC[C@@H]23)CCC[C@]2(C)c3cc(O)ccc3CC[C@@H]12. The summed E-state index contributed by atoms with van der Waals surface area (Å²) in [5.41, 5.74) is 2.77. The molecule has 4 aliphatic carbocycles. The van der Waals surface area contributed by atoms with Crippen molar-refractivity contribution in [1.29, 1.82) is 0 Å². The third-order valence-electron chi connectivity index (χ3n) is 11.8. The molecule has 39 heavy (non-hydrogen) atoms. The number of benzene rings is 2. The van der Waals surface area contributed by atoms with Gasteiger partial charge >= 0.3 is 11.9 Å². The minimum Gasteiger partial charge on any atom is -0.508 e. The largest absolute Gasteiger partial charge is 0.508 e. The van der Waals surface area contributed by atoms with Gasteiger partial charge in [0.15, 0.2) is 0 Å². The van der Waals surface area contributed by atoms with Crippen molar-refractivity contribution in [3.63, 3.8) is 0 Å². The van der Waals surface area contributed by atoms with Gasteiger partial charge in [-0.05, 0) is 134 Å². The first kappa shape index (κ1) is 26.4. The van der Waals surface area contributed by atoms with Crippen LogP contribution in [-0.2, 0) is 38.0 Å². The molecule has 0 heterocycles. The maximum Gasteiger partial charge on any atom is 0.319 e. The molecule has 0 radical (unpaired) electrons. The number of hydrogen-bond acceptors (Lipinski definition) is 5. The fraction of sp³-hybridized carbons (Fsp3) is 0.588. The summed E-state index contributed by atoms with van der Waals surface area (Å²) in [7, 11) is 0. The van der Waals surface area contributed by atoms with Crippen LogP contribution in [0.4, 0.5) is 0 Å². The van der Waals surface area contributed by atoms with E-state index < -0.39 is 10.8 Å². The molecule has 2 aromatic rings. The lowest BCUT2D eigenvalue weighted by molar-refractivity contribution is -0.184. The van der Waals surface area contributed by atoms with Gasteiger partial charge in [0.1, 0.15) is 11.5 Å². The van der Waals surface area contributed by atoms with Crippen molar-refractivity contribution in [3.8, 4) is 11.5 Å². The zero-order valence-corrected chi connectivity index (χ0v) is 23.8. The zero-order chi connectivity index (χ0) is 27.8. The number of phenolic OH excluding ortho intramolecular Hbond substituents is 2. The van der Waals surface area contributed by atoms with E-state index in [2.05, 4.69) is 13.8 Å². The molecule has 5 heteroatoms. The first-order chi connectivity index (χ1) is 18.4. The van der Waals surface area contributed by atoms with Crippen LogP contribution in [0.5, 0.6) is 11.5 Å². The molecule has 208 valence electrons. The zero-order valence-electron chi connectivity index (χ0n) is 23.8. The fourth-order valence-electron chi connectivity index (χ4n) is 9.70. The second-order valence-corrected chi connectivity index (χ2v) is 13.9. The molecule has 2 fully saturated rings. The molecule has 0 spiro atoms. The fourth-order valence-corrected chi connectivity index (χ4v) is 9.70. The van der Waals surface area contributed by atoms with Crippen molar-refractivity contribution in [2.24, 2.45) is 22.7 Å². The highest BCUT2D eigenvalue weighted by atomic mass is 16.6. The predicted molar refractivity (Wildman–Crippen MR) is 150 cm³/mol. The van der Waals surface area contributed by atoms with Crippen LogP contribution in [-0.4, -0.2) is 22.2 Å². The number of carbonyl (C=O) groups is 2. The summed E-state index contributed by atoms with van der Waals surface area (Å²) in [5.74, 6) is -0.152. The van der Waals surface area contributed by atoms with Crippen LogP contribution in [0, 0.1) is 22.7 Å². The van der Waals surface area contributed by atoms with Gasteiger partial charge in [-0.2, -0.15) is 0 Å². The first-order valence-corrected chi connectivity index (χ1v) is 14.8. The molecule has 0 aromatic heterocycles. The molecule has 0 aliphatic heterocycles. The van der Waals surface area contributed by atoms with E-state index in [0.717, 1.165) is 62.5 Å². The number of phenols is 2. The normalized spacial score (nSPS) is 37.0. The van der Waals surface area contributed by atoms with Crippen LogP contribution in [0.15, 0.2) is 36.4 Å². The Morgan fingerprint density at radius 2 is 1.10 bits per heavy atom. The van der Waals surface area contributed by atoms with Gasteiger partial charge in [-0.15, -0.1) is 0 Å². The van der Waals surface area contributed by atoms with Crippen molar-refractivity contribution in [2.45, 2.75) is 103 Å². The van der Waals surface area contributed by atoms with Crippen LogP contribution in [0.3, 0.4) is 0 Å². The molecule has 6 rings (SSSR count). The van der Waals surface area contributed by atoms with Crippen LogP contribution in [0.25, 0.3) is 0 Å².